The molecule has 0 aliphatic carbocycles. The Hall–Kier alpha value is -1.10. The molecule has 1 aromatic heterocycles. The zero-order valence-corrected chi connectivity index (χ0v) is 13.9. The number of hydrogen-bond acceptors (Lipinski definition) is 3. The van der Waals surface area contributed by atoms with Crippen molar-refractivity contribution in [3.8, 4) is 5.75 Å². The first-order valence-electron chi connectivity index (χ1n) is 6.74. The highest BCUT2D eigenvalue weighted by Gasteiger charge is 2.10. The molecule has 1 heterocycles. The lowest BCUT2D eigenvalue weighted by atomic mass is 10.1. The van der Waals surface area contributed by atoms with E-state index in [4.69, 9.17) is 16.3 Å². The van der Waals surface area contributed by atoms with Gasteiger partial charge in [0.05, 0.1) is 5.02 Å². The minimum atomic E-state index is -0.362. The molecule has 2 rings (SSSR count). The summed E-state index contributed by atoms with van der Waals surface area (Å²) in [6, 6.07) is 8.28. The first kappa shape index (κ1) is 16.3. The molecule has 0 radical (unpaired) electrons. The van der Waals surface area contributed by atoms with Crippen LogP contribution in [0.3, 0.4) is 0 Å². The fourth-order valence-electron chi connectivity index (χ4n) is 1.69. The van der Waals surface area contributed by atoms with Gasteiger partial charge in [-0.2, -0.15) is 0 Å². The van der Waals surface area contributed by atoms with Crippen LogP contribution in [-0.4, -0.2) is 5.54 Å². The quantitative estimate of drug-likeness (QED) is 0.833. The predicted molar refractivity (Wildman–Crippen MR) is 86.7 cm³/mol. The Bertz CT molecular complexity index is 607. The summed E-state index contributed by atoms with van der Waals surface area (Å²) in [5.74, 6) is 0.139. The normalized spacial score (nSPS) is 11.7. The van der Waals surface area contributed by atoms with Gasteiger partial charge in [0.15, 0.2) is 0 Å². The summed E-state index contributed by atoms with van der Waals surface area (Å²) in [7, 11) is 0. The molecule has 0 saturated carbocycles. The van der Waals surface area contributed by atoms with E-state index in [1.807, 2.05) is 6.07 Å². The molecule has 2 aromatic rings. The molecule has 21 heavy (non-hydrogen) atoms. The Balaban J connectivity index is 1.90. The smallest absolute Gasteiger partial charge is 0.138 e. The van der Waals surface area contributed by atoms with Crippen molar-refractivity contribution in [2.75, 3.05) is 0 Å². The Kier molecular flexibility index (Phi) is 5.25. The maximum absolute atomic E-state index is 13.0. The Labute approximate surface area is 133 Å². The number of hydrogen-bond donors (Lipinski definition) is 1. The van der Waals surface area contributed by atoms with E-state index in [1.165, 1.54) is 17.0 Å². The minimum absolute atomic E-state index is 0.0995. The monoisotopic (exact) mass is 327 g/mol. The third-order valence-electron chi connectivity index (χ3n) is 2.77. The van der Waals surface area contributed by atoms with E-state index in [1.54, 1.807) is 17.4 Å². The van der Waals surface area contributed by atoms with Crippen LogP contribution in [0, 0.1) is 5.82 Å². The van der Waals surface area contributed by atoms with Gasteiger partial charge in [0.1, 0.15) is 18.2 Å². The van der Waals surface area contributed by atoms with Gasteiger partial charge in [-0.1, -0.05) is 11.6 Å². The van der Waals surface area contributed by atoms with Crippen LogP contribution in [0.15, 0.2) is 30.3 Å². The Morgan fingerprint density at radius 2 is 1.90 bits per heavy atom. The van der Waals surface area contributed by atoms with E-state index in [-0.39, 0.29) is 11.4 Å². The van der Waals surface area contributed by atoms with Crippen molar-refractivity contribution in [1.82, 2.24) is 5.32 Å². The molecule has 0 atom stereocenters. The van der Waals surface area contributed by atoms with Gasteiger partial charge in [0.25, 0.3) is 0 Å². The van der Waals surface area contributed by atoms with E-state index in [9.17, 15) is 4.39 Å². The Morgan fingerprint density at radius 1 is 1.19 bits per heavy atom. The third kappa shape index (κ3) is 5.30. The summed E-state index contributed by atoms with van der Waals surface area (Å²) < 4.78 is 18.6. The first-order chi connectivity index (χ1) is 9.83. The molecule has 5 heteroatoms. The van der Waals surface area contributed by atoms with Crippen molar-refractivity contribution in [1.29, 1.82) is 0 Å². The average Bonchev–Trinajstić information content (AvgIpc) is 2.82. The van der Waals surface area contributed by atoms with Crippen molar-refractivity contribution in [3.05, 3.63) is 50.9 Å². The molecule has 0 aliphatic rings. The average molecular weight is 328 g/mol. The molecule has 0 spiro atoms. The topological polar surface area (TPSA) is 21.3 Å². The molecule has 114 valence electrons. The van der Waals surface area contributed by atoms with Crippen LogP contribution in [0.1, 0.15) is 30.5 Å². The molecule has 1 aromatic carbocycles. The molecule has 0 bridgehead atoms. The molecule has 0 unspecified atom stereocenters. The van der Waals surface area contributed by atoms with Crippen molar-refractivity contribution in [2.45, 2.75) is 39.5 Å². The largest absolute Gasteiger partial charge is 0.487 e. The standard InChI is InChI=1S/C16H19ClFNOS/c1-16(2,3)19-9-12-5-6-13(21-12)10-20-15-7-4-11(18)8-14(15)17/h4-8,19H,9-10H2,1-3H3. The highest BCUT2D eigenvalue weighted by Crippen LogP contribution is 2.27. The van der Waals surface area contributed by atoms with Crippen LogP contribution >= 0.6 is 22.9 Å². The van der Waals surface area contributed by atoms with Gasteiger partial charge in [-0.3, -0.25) is 0 Å². The van der Waals surface area contributed by atoms with Gasteiger partial charge >= 0.3 is 0 Å². The van der Waals surface area contributed by atoms with Crippen LogP contribution in [0.4, 0.5) is 4.39 Å². The van der Waals surface area contributed by atoms with E-state index >= 15 is 0 Å². The van der Waals surface area contributed by atoms with E-state index in [0.29, 0.717) is 17.4 Å². The summed E-state index contributed by atoms with van der Waals surface area (Å²) in [6.45, 7) is 7.69. The van der Waals surface area contributed by atoms with E-state index in [0.717, 1.165) is 11.4 Å². The summed E-state index contributed by atoms with van der Waals surface area (Å²) in [5.41, 5.74) is 0.0995. The van der Waals surface area contributed by atoms with Crippen LogP contribution in [0.2, 0.25) is 5.02 Å². The predicted octanol–water partition coefficient (Wildman–Crippen LogP) is 5.01. The number of thiophene rings is 1. The lowest BCUT2D eigenvalue weighted by Gasteiger charge is -2.19. The minimum Gasteiger partial charge on any atom is -0.487 e. The first-order valence-corrected chi connectivity index (χ1v) is 7.93. The van der Waals surface area contributed by atoms with Crippen LogP contribution in [0.25, 0.3) is 0 Å². The second kappa shape index (κ2) is 6.77. The van der Waals surface area contributed by atoms with Gasteiger partial charge in [-0.25, -0.2) is 4.39 Å². The van der Waals surface area contributed by atoms with Crippen molar-refractivity contribution in [3.63, 3.8) is 0 Å². The molecular formula is C16H19ClFNOS. The number of benzene rings is 1. The maximum Gasteiger partial charge on any atom is 0.138 e. The molecule has 0 aliphatic heterocycles. The van der Waals surface area contributed by atoms with Crippen molar-refractivity contribution >= 4 is 22.9 Å². The van der Waals surface area contributed by atoms with Gasteiger partial charge in [0, 0.05) is 21.8 Å². The molecule has 0 amide bonds. The third-order valence-corrected chi connectivity index (χ3v) is 4.13. The number of rotatable bonds is 5. The maximum atomic E-state index is 13.0. The van der Waals surface area contributed by atoms with Gasteiger partial charge in [-0.05, 0) is 51.1 Å². The lowest BCUT2D eigenvalue weighted by molar-refractivity contribution is 0.309. The van der Waals surface area contributed by atoms with E-state index < -0.39 is 0 Å². The highest BCUT2D eigenvalue weighted by molar-refractivity contribution is 7.11. The van der Waals surface area contributed by atoms with Crippen molar-refractivity contribution < 1.29 is 9.13 Å². The summed E-state index contributed by atoms with van der Waals surface area (Å²) >= 11 is 7.63. The molecule has 1 N–H and O–H groups in total. The fourth-order valence-corrected chi connectivity index (χ4v) is 2.78. The number of halogens is 2. The number of ether oxygens (including phenoxy) is 1. The van der Waals surface area contributed by atoms with Gasteiger partial charge in [0.2, 0.25) is 0 Å². The second-order valence-electron chi connectivity index (χ2n) is 5.83. The van der Waals surface area contributed by atoms with Crippen molar-refractivity contribution in [2.24, 2.45) is 0 Å². The summed E-state index contributed by atoms with van der Waals surface area (Å²) in [5, 5.41) is 3.74. The summed E-state index contributed by atoms with van der Waals surface area (Å²) in [6.07, 6.45) is 0. The molecule has 2 nitrogen and oxygen atoms in total. The zero-order chi connectivity index (χ0) is 15.5. The van der Waals surface area contributed by atoms with Gasteiger partial charge in [-0.15, -0.1) is 11.3 Å². The molecule has 0 saturated heterocycles. The van der Waals surface area contributed by atoms with Crippen LogP contribution in [0.5, 0.6) is 5.75 Å². The summed E-state index contributed by atoms with van der Waals surface area (Å²) in [4.78, 5) is 2.37. The Morgan fingerprint density at radius 3 is 2.57 bits per heavy atom. The van der Waals surface area contributed by atoms with Crippen LogP contribution in [-0.2, 0) is 13.2 Å². The number of nitrogens with one attached hydrogen (secondary N) is 1. The van der Waals surface area contributed by atoms with E-state index in [2.05, 4.69) is 32.2 Å². The lowest BCUT2D eigenvalue weighted by Crippen LogP contribution is -2.34. The molecular weight excluding hydrogens is 309 g/mol. The SMILES string of the molecule is CC(C)(C)NCc1ccc(COc2ccc(F)cc2Cl)s1. The van der Waals surface area contributed by atoms with Gasteiger partial charge < -0.3 is 10.1 Å². The fraction of sp³-hybridized carbons (Fsp3) is 0.375. The highest BCUT2D eigenvalue weighted by atomic mass is 35.5. The van der Waals surface area contributed by atoms with Crippen LogP contribution < -0.4 is 10.1 Å². The second-order valence-corrected chi connectivity index (χ2v) is 7.50. The zero-order valence-electron chi connectivity index (χ0n) is 12.4. The molecule has 0 fully saturated rings.